The van der Waals surface area contributed by atoms with Gasteiger partial charge < -0.3 is 9.84 Å². The van der Waals surface area contributed by atoms with Gasteiger partial charge >= 0.3 is 11.9 Å². The second kappa shape index (κ2) is 4.80. The number of hydrogen-bond donors (Lipinski definition) is 1. The van der Waals surface area contributed by atoms with Crippen molar-refractivity contribution in [1.29, 1.82) is 0 Å². The third kappa shape index (κ3) is 2.10. The second-order valence-electron chi connectivity index (χ2n) is 4.66. The molecule has 0 atom stereocenters. The van der Waals surface area contributed by atoms with Gasteiger partial charge in [-0.2, -0.15) is 0 Å². The topological polar surface area (TPSA) is 63.6 Å². The first-order valence-electron chi connectivity index (χ1n) is 6.00. The molecular weight excluding hydrogens is 232 g/mol. The van der Waals surface area contributed by atoms with Crippen molar-refractivity contribution in [2.24, 2.45) is 0 Å². The molecule has 0 radical (unpaired) electrons. The number of carboxylic acids is 1. The Balaban J connectivity index is 2.53. The minimum absolute atomic E-state index is 0.194. The van der Waals surface area contributed by atoms with Crippen molar-refractivity contribution < 1.29 is 19.4 Å². The first-order chi connectivity index (χ1) is 8.54. The van der Waals surface area contributed by atoms with E-state index in [1.54, 1.807) is 13.0 Å². The smallest absolute Gasteiger partial charge is 0.337 e. The van der Waals surface area contributed by atoms with Crippen molar-refractivity contribution >= 4 is 11.9 Å². The van der Waals surface area contributed by atoms with Gasteiger partial charge in [0, 0.05) is 0 Å². The molecule has 1 fully saturated rings. The van der Waals surface area contributed by atoms with E-state index in [4.69, 9.17) is 0 Å². The van der Waals surface area contributed by atoms with Crippen LogP contribution in [0.15, 0.2) is 12.1 Å². The summed E-state index contributed by atoms with van der Waals surface area (Å²) in [4.78, 5) is 22.8. The van der Waals surface area contributed by atoms with Crippen LogP contribution < -0.4 is 0 Å². The lowest BCUT2D eigenvalue weighted by Crippen LogP contribution is -2.15. The summed E-state index contributed by atoms with van der Waals surface area (Å²) in [7, 11) is 1.30. The Kier molecular flexibility index (Phi) is 3.36. The number of benzene rings is 1. The minimum atomic E-state index is -1.00. The number of esters is 1. The van der Waals surface area contributed by atoms with Crippen LogP contribution in [-0.2, 0) is 4.74 Å². The molecule has 1 aliphatic rings. The molecule has 1 aromatic rings. The molecule has 18 heavy (non-hydrogen) atoms. The molecule has 0 unspecified atom stereocenters. The number of aromatic carboxylic acids is 1. The summed E-state index contributed by atoms with van der Waals surface area (Å²) in [6, 6.07) is 3.17. The van der Waals surface area contributed by atoms with E-state index in [1.807, 2.05) is 0 Å². The molecular formula is C14H16O4. The maximum Gasteiger partial charge on any atom is 0.337 e. The van der Waals surface area contributed by atoms with Crippen molar-refractivity contribution in [3.63, 3.8) is 0 Å². The monoisotopic (exact) mass is 248 g/mol. The van der Waals surface area contributed by atoms with Crippen molar-refractivity contribution in [3.8, 4) is 0 Å². The van der Waals surface area contributed by atoms with Gasteiger partial charge in [0.2, 0.25) is 0 Å². The van der Waals surface area contributed by atoms with Gasteiger partial charge in [0.05, 0.1) is 18.2 Å². The van der Waals surface area contributed by atoms with E-state index in [1.165, 1.54) is 13.2 Å². The van der Waals surface area contributed by atoms with E-state index in [9.17, 15) is 14.7 Å². The van der Waals surface area contributed by atoms with Gasteiger partial charge in [0.25, 0.3) is 0 Å². The predicted molar refractivity (Wildman–Crippen MR) is 66.1 cm³/mol. The van der Waals surface area contributed by atoms with Crippen LogP contribution in [-0.4, -0.2) is 24.2 Å². The molecule has 0 spiro atoms. The van der Waals surface area contributed by atoms with Crippen LogP contribution in [0.5, 0.6) is 0 Å². The Morgan fingerprint density at radius 1 is 1.33 bits per heavy atom. The molecule has 0 aromatic heterocycles. The van der Waals surface area contributed by atoms with Crippen LogP contribution in [0, 0.1) is 6.92 Å². The van der Waals surface area contributed by atoms with Gasteiger partial charge in [0.15, 0.2) is 0 Å². The molecule has 1 N–H and O–H groups in total. The third-order valence-corrected chi connectivity index (χ3v) is 3.64. The van der Waals surface area contributed by atoms with Gasteiger partial charge in [-0.25, -0.2) is 9.59 Å². The molecule has 2 rings (SSSR count). The fraction of sp³-hybridized carbons (Fsp3) is 0.429. The lowest BCUT2D eigenvalue weighted by molar-refractivity contribution is 0.0600. The van der Waals surface area contributed by atoms with E-state index < -0.39 is 11.9 Å². The number of hydrogen-bond acceptors (Lipinski definition) is 3. The highest BCUT2D eigenvalue weighted by atomic mass is 16.5. The molecule has 4 heteroatoms. The zero-order chi connectivity index (χ0) is 13.3. The van der Waals surface area contributed by atoms with Gasteiger partial charge in [-0.3, -0.25) is 0 Å². The van der Waals surface area contributed by atoms with Crippen LogP contribution in [0.3, 0.4) is 0 Å². The molecule has 1 aromatic carbocycles. The van der Waals surface area contributed by atoms with E-state index in [0.29, 0.717) is 11.5 Å². The number of carbonyl (C=O) groups excluding carboxylic acids is 1. The number of rotatable bonds is 3. The summed E-state index contributed by atoms with van der Waals surface area (Å²) in [5.41, 5.74) is 2.25. The summed E-state index contributed by atoms with van der Waals surface area (Å²) in [5, 5.41) is 9.19. The van der Waals surface area contributed by atoms with Crippen LogP contribution in [0.25, 0.3) is 0 Å². The van der Waals surface area contributed by atoms with Gasteiger partial charge in [-0.1, -0.05) is 6.42 Å². The molecule has 0 heterocycles. The Labute approximate surface area is 106 Å². The van der Waals surface area contributed by atoms with E-state index >= 15 is 0 Å². The van der Waals surface area contributed by atoms with Crippen LogP contribution in [0.2, 0.25) is 0 Å². The molecule has 0 saturated heterocycles. The lowest BCUT2D eigenvalue weighted by atomic mass is 9.77. The largest absolute Gasteiger partial charge is 0.478 e. The summed E-state index contributed by atoms with van der Waals surface area (Å²) >= 11 is 0. The first-order valence-corrected chi connectivity index (χ1v) is 6.00. The normalized spacial score (nSPS) is 15.0. The van der Waals surface area contributed by atoms with Crippen molar-refractivity contribution in [1.82, 2.24) is 0 Å². The van der Waals surface area contributed by atoms with Gasteiger partial charge in [0.1, 0.15) is 0 Å². The average molecular weight is 248 g/mol. The van der Waals surface area contributed by atoms with E-state index in [-0.39, 0.29) is 5.56 Å². The Morgan fingerprint density at radius 3 is 2.44 bits per heavy atom. The maximum absolute atomic E-state index is 11.6. The highest BCUT2D eigenvalue weighted by Gasteiger charge is 2.25. The number of carboxylic acid groups (broad SMARTS) is 1. The van der Waals surface area contributed by atoms with Crippen LogP contribution in [0.1, 0.15) is 57.0 Å². The predicted octanol–water partition coefficient (Wildman–Crippen LogP) is 2.75. The summed E-state index contributed by atoms with van der Waals surface area (Å²) in [5.74, 6) is -1.11. The Hall–Kier alpha value is -1.84. The van der Waals surface area contributed by atoms with Gasteiger partial charge in [-0.05, 0) is 48.9 Å². The van der Waals surface area contributed by atoms with Crippen molar-refractivity contribution in [2.75, 3.05) is 7.11 Å². The fourth-order valence-electron chi connectivity index (χ4n) is 2.34. The molecule has 0 aliphatic heterocycles. The molecule has 1 saturated carbocycles. The standard InChI is InChI=1S/C14H16O4/c1-8-11(9-4-3-5-9)6-10(14(17)18-2)7-12(8)13(15)16/h6-7,9H,3-5H2,1-2H3,(H,15,16). The quantitative estimate of drug-likeness (QED) is 0.835. The van der Waals surface area contributed by atoms with Crippen LogP contribution >= 0.6 is 0 Å². The third-order valence-electron chi connectivity index (χ3n) is 3.64. The summed E-state index contributed by atoms with van der Waals surface area (Å²) in [6.45, 7) is 1.80. The summed E-state index contributed by atoms with van der Waals surface area (Å²) < 4.78 is 4.67. The molecule has 0 amide bonds. The summed E-state index contributed by atoms with van der Waals surface area (Å²) in [6.07, 6.45) is 3.28. The fourth-order valence-corrected chi connectivity index (χ4v) is 2.34. The van der Waals surface area contributed by atoms with Crippen molar-refractivity contribution in [2.45, 2.75) is 32.1 Å². The zero-order valence-corrected chi connectivity index (χ0v) is 10.5. The molecule has 96 valence electrons. The number of carbonyl (C=O) groups is 2. The molecule has 0 bridgehead atoms. The number of methoxy groups -OCH3 is 1. The minimum Gasteiger partial charge on any atom is -0.478 e. The van der Waals surface area contributed by atoms with Crippen molar-refractivity contribution in [3.05, 3.63) is 34.4 Å². The Bertz CT molecular complexity index is 501. The molecule has 1 aliphatic carbocycles. The first kappa shape index (κ1) is 12.6. The SMILES string of the molecule is COC(=O)c1cc(C(=O)O)c(C)c(C2CCC2)c1. The van der Waals surface area contributed by atoms with E-state index in [2.05, 4.69) is 4.74 Å². The van der Waals surface area contributed by atoms with E-state index in [0.717, 1.165) is 30.4 Å². The maximum atomic E-state index is 11.6. The zero-order valence-electron chi connectivity index (χ0n) is 10.5. The van der Waals surface area contributed by atoms with Gasteiger partial charge in [-0.15, -0.1) is 0 Å². The highest BCUT2D eigenvalue weighted by molar-refractivity contribution is 5.96. The highest BCUT2D eigenvalue weighted by Crippen LogP contribution is 2.39. The number of ether oxygens (including phenoxy) is 1. The average Bonchev–Trinajstić information content (AvgIpc) is 2.27. The second-order valence-corrected chi connectivity index (χ2v) is 4.66. The Morgan fingerprint density at radius 2 is 2.00 bits per heavy atom. The lowest BCUT2D eigenvalue weighted by Gasteiger charge is -2.28. The van der Waals surface area contributed by atoms with Crippen LogP contribution in [0.4, 0.5) is 0 Å². The molecule has 4 nitrogen and oxygen atoms in total.